The Labute approximate surface area is 269 Å². The number of fused-ring (bicyclic) bond motifs is 1. The van der Waals surface area contributed by atoms with E-state index in [1.54, 1.807) is 0 Å². The summed E-state index contributed by atoms with van der Waals surface area (Å²) in [7, 11) is 0. The summed E-state index contributed by atoms with van der Waals surface area (Å²) in [5.74, 6) is 0.694. The number of amides is 1. The average Bonchev–Trinajstić information content (AvgIpc) is 3.07. The van der Waals surface area contributed by atoms with Gasteiger partial charge in [-0.25, -0.2) is 0 Å². The second kappa shape index (κ2) is 16.2. The van der Waals surface area contributed by atoms with Crippen LogP contribution >= 0.6 is 0 Å². The molecule has 234 valence electrons. The standard InChI is InChI=1S/C41H48N2O2/c1-31(2)36-22-25-39-37(29-36)15-10-16-40(39)43(27-9-8-17-41(42)44)28-26-35-14-7-6-13-34(35)21-18-32-19-23-38(24-20-32)45-30-33-11-4-3-5-12-33/h3-7,11-14,19-20,22-25,29,40H,1,8-10,15-18,21,26-28,30H2,2H3,(H2,42,44). The molecule has 1 unspecified atom stereocenters. The molecule has 1 atom stereocenters. The number of nitrogens with two attached hydrogens (primary N) is 1. The van der Waals surface area contributed by atoms with E-state index in [4.69, 9.17) is 10.5 Å². The lowest BCUT2D eigenvalue weighted by Crippen LogP contribution is -2.34. The minimum atomic E-state index is -0.208. The van der Waals surface area contributed by atoms with Crippen molar-refractivity contribution in [3.63, 3.8) is 0 Å². The predicted octanol–water partition coefficient (Wildman–Crippen LogP) is 8.66. The van der Waals surface area contributed by atoms with Gasteiger partial charge in [0, 0.05) is 19.0 Å². The van der Waals surface area contributed by atoms with Gasteiger partial charge in [0.2, 0.25) is 5.91 Å². The van der Waals surface area contributed by atoms with Crippen molar-refractivity contribution in [3.05, 3.63) is 143 Å². The number of carbonyl (C=O) groups excluding carboxylic acids is 1. The van der Waals surface area contributed by atoms with Gasteiger partial charge in [0.1, 0.15) is 12.4 Å². The molecule has 5 rings (SSSR count). The zero-order valence-corrected chi connectivity index (χ0v) is 26.8. The lowest BCUT2D eigenvalue weighted by Gasteiger charge is -2.36. The van der Waals surface area contributed by atoms with E-state index in [2.05, 4.69) is 97.3 Å². The number of hydrogen-bond acceptors (Lipinski definition) is 3. The zero-order chi connectivity index (χ0) is 31.4. The lowest BCUT2D eigenvalue weighted by atomic mass is 9.84. The molecular formula is C41H48N2O2. The first kappa shape index (κ1) is 32.2. The molecule has 2 N–H and O–H groups in total. The van der Waals surface area contributed by atoms with Crippen molar-refractivity contribution in [2.24, 2.45) is 5.73 Å². The molecule has 0 saturated heterocycles. The van der Waals surface area contributed by atoms with E-state index in [1.165, 1.54) is 51.8 Å². The first-order valence-corrected chi connectivity index (χ1v) is 16.6. The molecule has 1 aliphatic rings. The van der Waals surface area contributed by atoms with Gasteiger partial charge in [-0.15, -0.1) is 0 Å². The first-order chi connectivity index (χ1) is 22.0. The molecule has 0 radical (unpaired) electrons. The van der Waals surface area contributed by atoms with Crippen LogP contribution in [0.1, 0.15) is 84.0 Å². The monoisotopic (exact) mass is 600 g/mol. The number of aryl methyl sites for hydroxylation is 3. The topological polar surface area (TPSA) is 55.6 Å². The fraction of sp³-hybridized carbons (Fsp3) is 0.341. The van der Waals surface area contributed by atoms with Crippen LogP contribution in [0.15, 0.2) is 104 Å². The van der Waals surface area contributed by atoms with Crippen molar-refractivity contribution in [2.45, 2.75) is 77.4 Å². The van der Waals surface area contributed by atoms with Gasteiger partial charge in [0.15, 0.2) is 0 Å². The smallest absolute Gasteiger partial charge is 0.217 e. The molecule has 0 saturated carbocycles. The third-order valence-electron chi connectivity index (χ3n) is 9.12. The number of primary amides is 1. The number of benzene rings is 4. The van der Waals surface area contributed by atoms with Crippen molar-refractivity contribution in [1.29, 1.82) is 0 Å². The van der Waals surface area contributed by atoms with Crippen LogP contribution in [0.2, 0.25) is 0 Å². The van der Waals surface area contributed by atoms with E-state index in [0.717, 1.165) is 62.9 Å². The number of carbonyl (C=O) groups is 1. The van der Waals surface area contributed by atoms with Crippen LogP contribution in [0.25, 0.3) is 5.57 Å². The molecule has 4 nitrogen and oxygen atoms in total. The predicted molar refractivity (Wildman–Crippen MR) is 186 cm³/mol. The highest BCUT2D eigenvalue weighted by molar-refractivity contribution is 5.73. The van der Waals surface area contributed by atoms with Crippen LogP contribution < -0.4 is 10.5 Å². The average molecular weight is 601 g/mol. The van der Waals surface area contributed by atoms with E-state index in [1.807, 2.05) is 18.2 Å². The Morgan fingerprint density at radius 2 is 1.58 bits per heavy atom. The summed E-state index contributed by atoms with van der Waals surface area (Å²) in [6.07, 6.45) is 8.78. The minimum Gasteiger partial charge on any atom is -0.489 e. The third kappa shape index (κ3) is 9.42. The van der Waals surface area contributed by atoms with Gasteiger partial charge in [0.05, 0.1) is 0 Å². The summed E-state index contributed by atoms with van der Waals surface area (Å²) in [6.45, 7) is 8.80. The normalized spacial score (nSPS) is 14.2. The Morgan fingerprint density at radius 3 is 2.31 bits per heavy atom. The molecular weight excluding hydrogens is 552 g/mol. The van der Waals surface area contributed by atoms with Gasteiger partial charge in [-0.05, 0) is 116 Å². The van der Waals surface area contributed by atoms with Gasteiger partial charge in [-0.3, -0.25) is 9.69 Å². The van der Waals surface area contributed by atoms with Crippen LogP contribution in [-0.2, 0) is 37.1 Å². The Balaban J connectivity index is 1.22. The van der Waals surface area contributed by atoms with Crippen molar-refractivity contribution in [1.82, 2.24) is 4.90 Å². The number of hydrogen-bond donors (Lipinski definition) is 1. The number of rotatable bonds is 16. The highest BCUT2D eigenvalue weighted by atomic mass is 16.5. The van der Waals surface area contributed by atoms with Crippen molar-refractivity contribution < 1.29 is 9.53 Å². The Hall–Kier alpha value is -4.15. The molecule has 45 heavy (non-hydrogen) atoms. The molecule has 0 aliphatic heterocycles. The fourth-order valence-electron chi connectivity index (χ4n) is 6.55. The van der Waals surface area contributed by atoms with Crippen molar-refractivity contribution >= 4 is 11.5 Å². The minimum absolute atomic E-state index is 0.208. The summed E-state index contributed by atoms with van der Waals surface area (Å²) in [5, 5.41) is 0. The van der Waals surface area contributed by atoms with E-state index in [0.29, 0.717) is 19.1 Å². The summed E-state index contributed by atoms with van der Waals surface area (Å²) >= 11 is 0. The van der Waals surface area contributed by atoms with Crippen LogP contribution in [-0.4, -0.2) is 23.9 Å². The van der Waals surface area contributed by atoms with E-state index in [-0.39, 0.29) is 5.91 Å². The Morgan fingerprint density at radius 1 is 0.844 bits per heavy atom. The van der Waals surface area contributed by atoms with Gasteiger partial charge in [-0.2, -0.15) is 0 Å². The number of nitrogens with zero attached hydrogens (tertiary/aromatic N) is 1. The van der Waals surface area contributed by atoms with Crippen molar-refractivity contribution in [2.75, 3.05) is 13.1 Å². The van der Waals surface area contributed by atoms with Crippen molar-refractivity contribution in [3.8, 4) is 5.75 Å². The molecule has 4 heteroatoms. The van der Waals surface area contributed by atoms with E-state index < -0.39 is 0 Å². The first-order valence-electron chi connectivity index (χ1n) is 16.6. The number of allylic oxidation sites excluding steroid dienone is 1. The summed E-state index contributed by atoms with van der Waals surface area (Å²) in [5.41, 5.74) is 16.1. The summed E-state index contributed by atoms with van der Waals surface area (Å²) < 4.78 is 5.99. The molecule has 0 fully saturated rings. The second-order valence-corrected chi connectivity index (χ2v) is 12.5. The van der Waals surface area contributed by atoms with Gasteiger partial charge in [-0.1, -0.05) is 97.1 Å². The fourth-order valence-corrected chi connectivity index (χ4v) is 6.55. The van der Waals surface area contributed by atoms with E-state index >= 15 is 0 Å². The number of unbranched alkanes of at least 4 members (excludes halogenated alkanes) is 1. The molecule has 0 spiro atoms. The third-order valence-corrected chi connectivity index (χ3v) is 9.12. The molecule has 1 aliphatic carbocycles. The lowest BCUT2D eigenvalue weighted by molar-refractivity contribution is -0.118. The maximum atomic E-state index is 11.4. The molecule has 4 aromatic carbocycles. The largest absolute Gasteiger partial charge is 0.489 e. The zero-order valence-electron chi connectivity index (χ0n) is 26.8. The maximum absolute atomic E-state index is 11.4. The molecule has 0 aromatic heterocycles. The highest BCUT2D eigenvalue weighted by Crippen LogP contribution is 2.36. The van der Waals surface area contributed by atoms with Gasteiger partial charge >= 0.3 is 0 Å². The van der Waals surface area contributed by atoms with Gasteiger partial charge in [0.25, 0.3) is 0 Å². The number of ether oxygens (including phenoxy) is 1. The SMILES string of the molecule is C=C(C)c1ccc2c(c1)CCCC2N(CCCCC(N)=O)CCc1ccccc1CCc1ccc(OCc2ccccc2)cc1. The molecule has 0 heterocycles. The quantitative estimate of drug-likeness (QED) is 0.131. The molecule has 4 aromatic rings. The van der Waals surface area contributed by atoms with E-state index in [9.17, 15) is 4.79 Å². The Kier molecular flexibility index (Phi) is 11.6. The van der Waals surface area contributed by atoms with Crippen LogP contribution in [0.5, 0.6) is 5.75 Å². The molecule has 0 bridgehead atoms. The van der Waals surface area contributed by atoms with Crippen LogP contribution in [0.3, 0.4) is 0 Å². The maximum Gasteiger partial charge on any atom is 0.217 e. The molecule has 1 amide bonds. The summed E-state index contributed by atoms with van der Waals surface area (Å²) in [6, 6.07) is 35.1. The summed E-state index contributed by atoms with van der Waals surface area (Å²) in [4.78, 5) is 14.1. The van der Waals surface area contributed by atoms with Gasteiger partial charge < -0.3 is 10.5 Å². The second-order valence-electron chi connectivity index (χ2n) is 12.5. The van der Waals surface area contributed by atoms with Crippen LogP contribution in [0.4, 0.5) is 0 Å². The van der Waals surface area contributed by atoms with Crippen LogP contribution in [0, 0.1) is 0 Å². The Bertz CT molecular complexity index is 1540. The highest BCUT2D eigenvalue weighted by Gasteiger charge is 2.26.